The Hall–Kier alpha value is -2.75. The quantitative estimate of drug-likeness (QED) is 0.291. The first-order valence-corrected chi connectivity index (χ1v) is 10.5. The third-order valence-corrected chi connectivity index (χ3v) is 6.10. The molecule has 0 bridgehead atoms. The molecule has 0 saturated heterocycles. The molecule has 0 aliphatic heterocycles. The maximum absolute atomic E-state index is 10.4. The van der Waals surface area contributed by atoms with Gasteiger partial charge in [0.15, 0.2) is 16.6 Å². The monoisotopic (exact) mass is 488 g/mol. The van der Waals surface area contributed by atoms with Crippen LogP contribution in [0.4, 0.5) is 28.0 Å². The van der Waals surface area contributed by atoms with Gasteiger partial charge in [0.1, 0.15) is 17.3 Å². The molecule has 0 fully saturated rings. The molecule has 0 unspecified atom stereocenters. The van der Waals surface area contributed by atoms with Crippen LogP contribution >= 0.6 is 38.9 Å². The normalized spacial score (nSPS) is 10.7. The number of hydrogen-bond donors (Lipinski definition) is 3. The minimum absolute atomic E-state index is 0.280. The van der Waals surface area contributed by atoms with Gasteiger partial charge in [-0.05, 0) is 58.4 Å². The number of anilines is 5. The van der Waals surface area contributed by atoms with Crippen LogP contribution in [0.15, 0.2) is 53.3 Å². The number of rotatable bonds is 7. The average Bonchev–Trinajstić information content (AvgIpc) is 3.14. The van der Waals surface area contributed by atoms with Crippen LogP contribution in [-0.2, 0) is 4.79 Å². The van der Waals surface area contributed by atoms with Gasteiger partial charge in [0.25, 0.3) is 0 Å². The highest BCUT2D eigenvalue weighted by Gasteiger charge is 2.12. The Morgan fingerprint density at radius 1 is 1.03 bits per heavy atom. The first-order chi connectivity index (χ1) is 14.1. The highest BCUT2D eigenvalue weighted by molar-refractivity contribution is 9.10. The summed E-state index contributed by atoms with van der Waals surface area (Å²) in [6.45, 7) is 0.280. The fourth-order valence-electron chi connectivity index (χ4n) is 2.56. The van der Waals surface area contributed by atoms with E-state index in [2.05, 4.69) is 46.8 Å². The molecule has 0 atom stereocenters. The van der Waals surface area contributed by atoms with Gasteiger partial charge in [-0.3, -0.25) is 0 Å². The molecular formula is C19H14BrClN6OS. The standard InChI is InChI=1S/C19H14BrClN6OS/c20-14-6-5-13(9-15(14)21)25-17-16-18(24-10-23-17)27-19(29-16)26-12-3-1-11(2-4-12)22-7-8-28/h1-6,8-10,22H,7H2,(H2,23,24,25,26,27). The topological polar surface area (TPSA) is 91.8 Å². The second kappa shape index (κ2) is 8.73. The number of nitrogens with zero attached hydrogens (tertiary/aromatic N) is 3. The van der Waals surface area contributed by atoms with Crippen molar-refractivity contribution in [3.05, 3.63) is 58.3 Å². The van der Waals surface area contributed by atoms with E-state index in [1.807, 2.05) is 42.5 Å². The van der Waals surface area contributed by atoms with E-state index in [9.17, 15) is 4.79 Å². The van der Waals surface area contributed by atoms with Gasteiger partial charge < -0.3 is 20.7 Å². The van der Waals surface area contributed by atoms with Gasteiger partial charge in [-0.2, -0.15) is 4.98 Å². The Balaban J connectivity index is 1.55. The van der Waals surface area contributed by atoms with Crippen LogP contribution in [0.25, 0.3) is 10.3 Å². The Bertz CT molecular complexity index is 1170. The molecule has 2 heterocycles. The summed E-state index contributed by atoms with van der Waals surface area (Å²) in [5.41, 5.74) is 3.17. The van der Waals surface area contributed by atoms with Crippen molar-refractivity contribution in [2.45, 2.75) is 0 Å². The molecule has 0 amide bonds. The van der Waals surface area contributed by atoms with Crippen LogP contribution in [0, 0.1) is 0 Å². The molecule has 0 saturated carbocycles. The Morgan fingerprint density at radius 3 is 2.55 bits per heavy atom. The second-order valence-corrected chi connectivity index (χ2v) is 8.16. The maximum atomic E-state index is 10.4. The van der Waals surface area contributed by atoms with Crippen LogP contribution in [-0.4, -0.2) is 27.8 Å². The molecule has 0 aliphatic carbocycles. The first-order valence-electron chi connectivity index (χ1n) is 8.50. The predicted molar refractivity (Wildman–Crippen MR) is 122 cm³/mol. The van der Waals surface area contributed by atoms with Gasteiger partial charge in [0.05, 0.1) is 11.6 Å². The summed E-state index contributed by atoms with van der Waals surface area (Å²) >= 11 is 11.0. The molecule has 146 valence electrons. The van der Waals surface area contributed by atoms with E-state index >= 15 is 0 Å². The van der Waals surface area contributed by atoms with Crippen LogP contribution in [0.5, 0.6) is 0 Å². The van der Waals surface area contributed by atoms with E-state index in [4.69, 9.17) is 11.6 Å². The number of aldehydes is 1. The lowest BCUT2D eigenvalue weighted by Gasteiger charge is -2.06. The highest BCUT2D eigenvalue weighted by atomic mass is 79.9. The average molecular weight is 490 g/mol. The summed E-state index contributed by atoms with van der Waals surface area (Å²) in [6.07, 6.45) is 2.30. The van der Waals surface area contributed by atoms with Crippen molar-refractivity contribution >= 4 is 83.5 Å². The molecule has 0 aliphatic rings. The number of halogens is 2. The number of hydrogen-bond acceptors (Lipinski definition) is 8. The molecule has 4 aromatic rings. The fraction of sp³-hybridized carbons (Fsp3) is 0.0526. The Labute approximate surface area is 183 Å². The van der Waals surface area contributed by atoms with Gasteiger partial charge >= 0.3 is 0 Å². The summed E-state index contributed by atoms with van der Waals surface area (Å²) in [6, 6.07) is 13.2. The van der Waals surface area contributed by atoms with Crippen LogP contribution in [0.1, 0.15) is 0 Å². The van der Waals surface area contributed by atoms with Gasteiger partial charge in [0, 0.05) is 21.5 Å². The number of carbonyl (C=O) groups excluding carboxylic acids is 1. The van der Waals surface area contributed by atoms with E-state index in [1.165, 1.54) is 17.7 Å². The molecule has 10 heteroatoms. The summed E-state index contributed by atoms with van der Waals surface area (Å²) in [5.74, 6) is 0.660. The van der Waals surface area contributed by atoms with Gasteiger partial charge in [-0.15, -0.1) is 0 Å². The summed E-state index contributed by atoms with van der Waals surface area (Å²) in [4.78, 5) is 23.6. The van der Waals surface area contributed by atoms with E-state index in [1.54, 1.807) is 0 Å². The molecular weight excluding hydrogens is 476 g/mol. The summed E-state index contributed by atoms with van der Waals surface area (Å²) in [7, 11) is 0. The SMILES string of the molecule is O=CCNc1ccc(Nc2nc3ncnc(Nc4ccc(Br)c(Cl)c4)c3s2)cc1. The van der Waals surface area contributed by atoms with Crippen molar-refractivity contribution in [1.82, 2.24) is 15.0 Å². The number of thiazole rings is 1. The molecule has 2 aromatic carbocycles. The van der Waals surface area contributed by atoms with E-state index in [0.29, 0.717) is 21.6 Å². The fourth-order valence-corrected chi connectivity index (χ4v) is 3.87. The Morgan fingerprint density at radius 2 is 1.79 bits per heavy atom. The zero-order valence-electron chi connectivity index (χ0n) is 14.8. The predicted octanol–water partition coefficient (Wildman–Crippen LogP) is 5.60. The number of nitrogens with one attached hydrogen (secondary N) is 3. The lowest BCUT2D eigenvalue weighted by atomic mass is 10.3. The minimum atomic E-state index is 0.280. The lowest BCUT2D eigenvalue weighted by Crippen LogP contribution is -2.01. The van der Waals surface area contributed by atoms with Crippen molar-refractivity contribution < 1.29 is 4.79 Å². The van der Waals surface area contributed by atoms with Crippen LogP contribution in [0.2, 0.25) is 5.02 Å². The van der Waals surface area contributed by atoms with E-state index < -0.39 is 0 Å². The lowest BCUT2D eigenvalue weighted by molar-refractivity contribution is -0.106. The molecule has 0 spiro atoms. The van der Waals surface area contributed by atoms with Crippen molar-refractivity contribution in [3.63, 3.8) is 0 Å². The molecule has 7 nitrogen and oxygen atoms in total. The molecule has 29 heavy (non-hydrogen) atoms. The number of carbonyl (C=O) groups is 1. The largest absolute Gasteiger partial charge is 0.378 e. The zero-order valence-corrected chi connectivity index (χ0v) is 18.0. The zero-order chi connectivity index (χ0) is 20.2. The summed E-state index contributed by atoms with van der Waals surface area (Å²) < 4.78 is 1.66. The summed E-state index contributed by atoms with van der Waals surface area (Å²) in [5, 5.41) is 10.8. The maximum Gasteiger partial charge on any atom is 0.189 e. The van der Waals surface area contributed by atoms with Gasteiger partial charge in [-0.1, -0.05) is 22.9 Å². The number of benzene rings is 2. The van der Waals surface area contributed by atoms with Crippen molar-refractivity contribution in [2.24, 2.45) is 0 Å². The molecule has 3 N–H and O–H groups in total. The number of fused-ring (bicyclic) bond motifs is 1. The smallest absolute Gasteiger partial charge is 0.189 e. The van der Waals surface area contributed by atoms with Crippen molar-refractivity contribution in [1.29, 1.82) is 0 Å². The van der Waals surface area contributed by atoms with Gasteiger partial charge in [-0.25, -0.2) is 9.97 Å². The molecule has 0 radical (unpaired) electrons. The number of aromatic nitrogens is 3. The molecule has 4 rings (SSSR count). The second-order valence-electron chi connectivity index (χ2n) is 5.90. The van der Waals surface area contributed by atoms with E-state index in [0.717, 1.165) is 32.5 Å². The Kier molecular flexibility index (Phi) is 5.89. The third-order valence-electron chi connectivity index (χ3n) is 3.90. The van der Waals surface area contributed by atoms with Crippen LogP contribution in [0.3, 0.4) is 0 Å². The van der Waals surface area contributed by atoms with E-state index in [-0.39, 0.29) is 6.54 Å². The van der Waals surface area contributed by atoms with Crippen LogP contribution < -0.4 is 16.0 Å². The van der Waals surface area contributed by atoms with Crippen molar-refractivity contribution in [3.8, 4) is 0 Å². The van der Waals surface area contributed by atoms with Crippen molar-refractivity contribution in [2.75, 3.05) is 22.5 Å². The first kappa shape index (κ1) is 19.6. The van der Waals surface area contributed by atoms with Gasteiger partial charge in [0.2, 0.25) is 0 Å². The third kappa shape index (κ3) is 4.64. The highest BCUT2D eigenvalue weighted by Crippen LogP contribution is 2.34. The minimum Gasteiger partial charge on any atom is -0.378 e. The molecule has 2 aromatic heterocycles.